The molecular weight excluding hydrogens is 322 g/mol. The van der Waals surface area contributed by atoms with Crippen LogP contribution in [0.3, 0.4) is 0 Å². The summed E-state index contributed by atoms with van der Waals surface area (Å²) in [7, 11) is 2.21. The Bertz CT molecular complexity index is 705. The Morgan fingerprint density at radius 3 is 1.85 bits per heavy atom. The lowest BCUT2D eigenvalue weighted by Crippen LogP contribution is -2.45. The molecule has 2 aromatic carbocycles. The quantitative estimate of drug-likeness (QED) is 0.776. The van der Waals surface area contributed by atoms with Gasteiger partial charge in [-0.15, -0.1) is 0 Å². The largest absolute Gasteiger partial charge is 0.461 e. The molecule has 3 atom stereocenters. The third-order valence-corrected chi connectivity index (χ3v) is 6.44. The van der Waals surface area contributed by atoms with Crippen LogP contribution in [0.5, 0.6) is 0 Å². The summed E-state index contributed by atoms with van der Waals surface area (Å²) in [5.41, 5.74) is 1.17. The summed E-state index contributed by atoms with van der Waals surface area (Å²) in [6.45, 7) is 1.99. The Hall–Kier alpha value is -2.13. The highest BCUT2D eigenvalue weighted by Crippen LogP contribution is 2.38. The SMILES string of the molecule is CN1[C@@H]2CC[C@H]1CC(OC(=O)C(C)(c1ccccc1)c1ccccc1)C2. The zero-order valence-electron chi connectivity index (χ0n) is 15.6. The van der Waals surface area contributed by atoms with Gasteiger partial charge >= 0.3 is 5.97 Å². The lowest BCUT2D eigenvalue weighted by Gasteiger charge is -2.38. The number of piperidine rings is 1. The number of hydrogen-bond donors (Lipinski definition) is 0. The maximum Gasteiger partial charge on any atom is 0.321 e. The smallest absolute Gasteiger partial charge is 0.321 e. The number of hydrogen-bond acceptors (Lipinski definition) is 3. The van der Waals surface area contributed by atoms with Gasteiger partial charge in [-0.3, -0.25) is 4.79 Å². The Kier molecular flexibility index (Phi) is 4.58. The van der Waals surface area contributed by atoms with Crippen LogP contribution in [0.1, 0.15) is 43.7 Å². The van der Waals surface area contributed by atoms with Gasteiger partial charge in [-0.2, -0.15) is 0 Å². The van der Waals surface area contributed by atoms with Gasteiger partial charge in [0.05, 0.1) is 0 Å². The summed E-state index contributed by atoms with van der Waals surface area (Å²) < 4.78 is 6.13. The molecule has 136 valence electrons. The van der Waals surface area contributed by atoms with Crippen molar-refractivity contribution < 1.29 is 9.53 Å². The molecule has 3 heteroatoms. The van der Waals surface area contributed by atoms with E-state index in [1.54, 1.807) is 0 Å². The number of ether oxygens (including phenoxy) is 1. The second-order valence-corrected chi connectivity index (χ2v) is 7.91. The zero-order valence-corrected chi connectivity index (χ0v) is 15.6. The molecule has 1 unspecified atom stereocenters. The molecule has 4 rings (SSSR count). The van der Waals surface area contributed by atoms with Crippen LogP contribution in [0.4, 0.5) is 0 Å². The highest BCUT2D eigenvalue weighted by Gasteiger charge is 2.44. The molecule has 0 spiro atoms. The van der Waals surface area contributed by atoms with Crippen molar-refractivity contribution in [2.45, 2.75) is 56.2 Å². The highest BCUT2D eigenvalue weighted by atomic mass is 16.5. The minimum Gasteiger partial charge on any atom is -0.461 e. The average molecular weight is 349 g/mol. The molecule has 26 heavy (non-hydrogen) atoms. The molecule has 0 aromatic heterocycles. The highest BCUT2D eigenvalue weighted by molar-refractivity contribution is 5.87. The molecular formula is C23H27NO2. The second kappa shape index (κ2) is 6.88. The van der Waals surface area contributed by atoms with Gasteiger partial charge in [0.2, 0.25) is 0 Å². The van der Waals surface area contributed by atoms with Gasteiger partial charge in [0, 0.05) is 12.1 Å². The van der Waals surface area contributed by atoms with Crippen LogP contribution in [0, 0.1) is 0 Å². The molecule has 2 aliphatic heterocycles. The summed E-state index contributed by atoms with van der Waals surface area (Å²) in [5.74, 6) is -0.135. The second-order valence-electron chi connectivity index (χ2n) is 7.91. The van der Waals surface area contributed by atoms with Crippen molar-refractivity contribution >= 4 is 5.97 Å². The number of carbonyl (C=O) groups is 1. The van der Waals surface area contributed by atoms with Crippen LogP contribution in [0.2, 0.25) is 0 Å². The van der Waals surface area contributed by atoms with Gasteiger partial charge in [-0.05, 0) is 50.8 Å². The number of fused-ring (bicyclic) bond motifs is 2. The van der Waals surface area contributed by atoms with Crippen molar-refractivity contribution in [2.24, 2.45) is 0 Å². The van der Waals surface area contributed by atoms with E-state index < -0.39 is 5.41 Å². The van der Waals surface area contributed by atoms with Crippen molar-refractivity contribution in [1.29, 1.82) is 0 Å². The normalized spacial score (nSPS) is 25.8. The fourth-order valence-corrected chi connectivity index (χ4v) is 4.67. The van der Waals surface area contributed by atoms with Crippen LogP contribution in [0.15, 0.2) is 60.7 Å². The molecule has 2 fully saturated rings. The molecule has 0 aliphatic carbocycles. The molecule has 0 N–H and O–H groups in total. The monoisotopic (exact) mass is 349 g/mol. The van der Waals surface area contributed by atoms with Gasteiger partial charge in [-0.1, -0.05) is 60.7 Å². The zero-order chi connectivity index (χ0) is 18.1. The maximum atomic E-state index is 13.4. The molecule has 2 heterocycles. The first kappa shape index (κ1) is 17.3. The first-order valence-electron chi connectivity index (χ1n) is 9.63. The van der Waals surface area contributed by atoms with E-state index >= 15 is 0 Å². The molecule has 2 saturated heterocycles. The van der Waals surface area contributed by atoms with Crippen LogP contribution in [0.25, 0.3) is 0 Å². The Morgan fingerprint density at radius 1 is 0.923 bits per heavy atom. The minimum atomic E-state index is -0.787. The molecule has 0 amide bonds. The van der Waals surface area contributed by atoms with Crippen molar-refractivity contribution in [3.05, 3.63) is 71.8 Å². The van der Waals surface area contributed by atoms with Crippen LogP contribution < -0.4 is 0 Å². The fraction of sp³-hybridized carbons (Fsp3) is 0.435. The van der Waals surface area contributed by atoms with E-state index in [1.165, 1.54) is 12.8 Å². The first-order chi connectivity index (χ1) is 12.6. The molecule has 2 aliphatic rings. The Morgan fingerprint density at radius 2 is 1.38 bits per heavy atom. The van der Waals surface area contributed by atoms with Crippen LogP contribution >= 0.6 is 0 Å². The van der Waals surface area contributed by atoms with E-state index in [0.717, 1.165) is 24.0 Å². The minimum absolute atomic E-state index is 0.0305. The Balaban J connectivity index is 1.61. The van der Waals surface area contributed by atoms with Crippen LogP contribution in [-0.4, -0.2) is 36.1 Å². The number of esters is 1. The third kappa shape index (κ3) is 2.95. The van der Waals surface area contributed by atoms with Crippen molar-refractivity contribution in [2.75, 3.05) is 7.05 Å². The van der Waals surface area contributed by atoms with E-state index in [0.29, 0.717) is 12.1 Å². The van der Waals surface area contributed by atoms with Gasteiger partial charge in [-0.25, -0.2) is 0 Å². The summed E-state index contributed by atoms with van der Waals surface area (Å²) in [4.78, 5) is 15.9. The number of carbonyl (C=O) groups excluding carboxylic acids is 1. The summed E-state index contributed by atoms with van der Waals surface area (Å²) in [6.07, 6.45) is 4.40. The maximum absolute atomic E-state index is 13.4. The topological polar surface area (TPSA) is 29.5 Å². The standard InChI is InChI=1S/C23H27NO2/c1-23(17-9-5-3-6-10-17,18-11-7-4-8-12-18)22(25)26-21-15-19-13-14-20(16-21)24(19)2/h3-12,19-21H,13-16H2,1-2H3/t19-,20+,21?. The first-order valence-corrected chi connectivity index (χ1v) is 9.63. The Labute approximate surface area is 156 Å². The summed E-state index contributed by atoms with van der Waals surface area (Å²) >= 11 is 0. The number of nitrogens with zero attached hydrogens (tertiary/aromatic N) is 1. The lowest BCUT2D eigenvalue weighted by atomic mass is 9.76. The van der Waals surface area contributed by atoms with E-state index in [4.69, 9.17) is 4.74 Å². The molecule has 3 nitrogen and oxygen atoms in total. The van der Waals surface area contributed by atoms with E-state index in [-0.39, 0.29) is 12.1 Å². The van der Waals surface area contributed by atoms with E-state index in [2.05, 4.69) is 11.9 Å². The summed E-state index contributed by atoms with van der Waals surface area (Å²) in [5, 5.41) is 0. The van der Waals surface area contributed by atoms with Crippen molar-refractivity contribution in [3.8, 4) is 0 Å². The molecule has 2 aromatic rings. The predicted octanol–water partition coefficient (Wildman–Crippen LogP) is 4.16. The lowest BCUT2D eigenvalue weighted by molar-refractivity contribution is -0.157. The van der Waals surface area contributed by atoms with E-state index in [1.807, 2.05) is 67.6 Å². The summed E-state index contributed by atoms with van der Waals surface area (Å²) in [6, 6.07) is 21.1. The molecule has 2 bridgehead atoms. The van der Waals surface area contributed by atoms with Gasteiger partial charge in [0.1, 0.15) is 11.5 Å². The third-order valence-electron chi connectivity index (χ3n) is 6.44. The average Bonchev–Trinajstić information content (AvgIpc) is 2.89. The number of rotatable bonds is 4. The van der Waals surface area contributed by atoms with Gasteiger partial charge < -0.3 is 9.64 Å². The predicted molar refractivity (Wildman–Crippen MR) is 103 cm³/mol. The molecule has 0 radical (unpaired) electrons. The van der Waals surface area contributed by atoms with Crippen molar-refractivity contribution in [1.82, 2.24) is 4.90 Å². The molecule has 0 saturated carbocycles. The van der Waals surface area contributed by atoms with Gasteiger partial charge in [0.15, 0.2) is 0 Å². The van der Waals surface area contributed by atoms with E-state index in [9.17, 15) is 4.79 Å². The van der Waals surface area contributed by atoms with Crippen LogP contribution in [-0.2, 0) is 14.9 Å². The van der Waals surface area contributed by atoms with Crippen molar-refractivity contribution in [3.63, 3.8) is 0 Å². The van der Waals surface area contributed by atoms with Gasteiger partial charge in [0.25, 0.3) is 0 Å². The fourth-order valence-electron chi connectivity index (χ4n) is 4.67. The number of benzene rings is 2.